The minimum Gasteiger partial charge on any atom is -0.465 e. The lowest BCUT2D eigenvalue weighted by atomic mass is 10.1. The van der Waals surface area contributed by atoms with E-state index in [4.69, 9.17) is 4.74 Å². The van der Waals surface area contributed by atoms with Gasteiger partial charge in [-0.2, -0.15) is 13.2 Å². The van der Waals surface area contributed by atoms with E-state index in [1.807, 2.05) is 13.8 Å². The van der Waals surface area contributed by atoms with Crippen molar-refractivity contribution in [1.29, 1.82) is 0 Å². The normalized spacial score (nSPS) is 12.6. The number of fused-ring (bicyclic) bond motifs is 1. The van der Waals surface area contributed by atoms with Gasteiger partial charge in [0.1, 0.15) is 0 Å². The van der Waals surface area contributed by atoms with Gasteiger partial charge in [0.05, 0.1) is 40.1 Å². The van der Waals surface area contributed by atoms with Crippen molar-refractivity contribution in [3.63, 3.8) is 0 Å². The van der Waals surface area contributed by atoms with Gasteiger partial charge >= 0.3 is 12.1 Å². The molecule has 2 aromatic carbocycles. The molecule has 1 aromatic heterocycles. The molecule has 1 heterocycles. The SMILES string of the molecule is COC(=O)c1ccc2c(=O)n(CC(C)C)c(SC(C)C(=O)Nc3ccccc3C(F)(F)F)nc2c1. The second-order valence-corrected chi connectivity index (χ2v) is 9.53. The van der Waals surface area contributed by atoms with Gasteiger partial charge in [-0.25, -0.2) is 9.78 Å². The summed E-state index contributed by atoms with van der Waals surface area (Å²) in [5.74, 6) is -1.20. The number of anilines is 1. The second-order valence-electron chi connectivity index (χ2n) is 8.22. The van der Waals surface area contributed by atoms with E-state index in [0.717, 1.165) is 17.8 Å². The first-order chi connectivity index (χ1) is 16.4. The van der Waals surface area contributed by atoms with Gasteiger partial charge in [-0.05, 0) is 43.2 Å². The molecule has 7 nitrogen and oxygen atoms in total. The zero-order valence-corrected chi connectivity index (χ0v) is 20.3. The molecule has 0 aliphatic carbocycles. The van der Waals surface area contributed by atoms with E-state index in [0.29, 0.717) is 11.9 Å². The van der Waals surface area contributed by atoms with Crippen LogP contribution in [-0.2, 0) is 22.3 Å². The fourth-order valence-electron chi connectivity index (χ4n) is 3.35. The average molecular weight is 508 g/mol. The number of para-hydroxylation sites is 1. The molecule has 0 saturated carbocycles. The lowest BCUT2D eigenvalue weighted by molar-refractivity contribution is -0.137. The lowest BCUT2D eigenvalue weighted by Gasteiger charge is -2.19. The van der Waals surface area contributed by atoms with Crippen LogP contribution in [0.2, 0.25) is 0 Å². The number of esters is 1. The Hall–Kier alpha value is -3.34. The Morgan fingerprint density at radius 2 is 1.83 bits per heavy atom. The van der Waals surface area contributed by atoms with E-state index >= 15 is 0 Å². The van der Waals surface area contributed by atoms with Crippen LogP contribution in [-0.4, -0.2) is 33.8 Å². The highest BCUT2D eigenvalue weighted by atomic mass is 32.2. The third-order valence-electron chi connectivity index (χ3n) is 5.03. The number of ether oxygens (including phenoxy) is 1. The first kappa shape index (κ1) is 26.3. The molecule has 0 bridgehead atoms. The highest BCUT2D eigenvalue weighted by molar-refractivity contribution is 8.00. The number of halogens is 3. The van der Waals surface area contributed by atoms with Crippen molar-refractivity contribution in [3.05, 3.63) is 63.9 Å². The standard InChI is InChI=1S/C24H24F3N3O4S/c1-13(2)12-30-21(32)16-10-9-15(22(33)34-4)11-19(16)29-23(30)35-14(3)20(31)28-18-8-6-5-7-17(18)24(25,26)27/h5-11,13-14H,12H2,1-4H3,(H,28,31). The number of nitrogens with one attached hydrogen (secondary N) is 1. The summed E-state index contributed by atoms with van der Waals surface area (Å²) in [5.41, 5.74) is -1.21. The summed E-state index contributed by atoms with van der Waals surface area (Å²) in [5, 5.41) is 1.94. The number of benzene rings is 2. The lowest BCUT2D eigenvalue weighted by Crippen LogP contribution is -2.28. The van der Waals surface area contributed by atoms with Crippen LogP contribution in [0.25, 0.3) is 10.9 Å². The molecule has 0 aliphatic rings. The molecule has 0 saturated heterocycles. The fraction of sp³-hybridized carbons (Fsp3) is 0.333. The second kappa shape index (κ2) is 10.5. The summed E-state index contributed by atoms with van der Waals surface area (Å²) in [6.45, 7) is 5.65. The molecule has 3 aromatic rings. The fourth-order valence-corrected chi connectivity index (χ4v) is 4.26. The van der Waals surface area contributed by atoms with Crippen LogP contribution in [0.1, 0.15) is 36.7 Å². The van der Waals surface area contributed by atoms with Crippen molar-refractivity contribution < 1.29 is 27.5 Å². The molecular weight excluding hydrogens is 483 g/mol. The van der Waals surface area contributed by atoms with Crippen molar-refractivity contribution in [1.82, 2.24) is 9.55 Å². The molecule has 1 unspecified atom stereocenters. The first-order valence-corrected chi connectivity index (χ1v) is 11.6. The minimum atomic E-state index is -4.63. The Bertz CT molecular complexity index is 1320. The van der Waals surface area contributed by atoms with Crippen LogP contribution in [0.3, 0.4) is 0 Å². The summed E-state index contributed by atoms with van der Waals surface area (Å²) < 4.78 is 46.0. The maximum absolute atomic E-state index is 13.3. The number of amides is 1. The largest absolute Gasteiger partial charge is 0.465 e. The predicted molar refractivity (Wildman–Crippen MR) is 128 cm³/mol. The summed E-state index contributed by atoms with van der Waals surface area (Å²) in [7, 11) is 1.24. The number of alkyl halides is 3. The van der Waals surface area contributed by atoms with Gasteiger partial charge in [-0.15, -0.1) is 0 Å². The molecule has 0 spiro atoms. The number of methoxy groups -OCH3 is 1. The molecule has 35 heavy (non-hydrogen) atoms. The van der Waals surface area contributed by atoms with Crippen LogP contribution >= 0.6 is 11.8 Å². The molecule has 0 aliphatic heterocycles. The quantitative estimate of drug-likeness (QED) is 0.276. The van der Waals surface area contributed by atoms with E-state index in [1.54, 1.807) is 0 Å². The number of nitrogens with zero attached hydrogens (tertiary/aromatic N) is 2. The van der Waals surface area contributed by atoms with Gasteiger partial charge in [0.15, 0.2) is 5.16 Å². The Balaban J connectivity index is 1.97. The van der Waals surface area contributed by atoms with Crippen molar-refractivity contribution in [2.24, 2.45) is 5.92 Å². The van der Waals surface area contributed by atoms with Crippen LogP contribution in [0.4, 0.5) is 18.9 Å². The average Bonchev–Trinajstić information content (AvgIpc) is 2.80. The topological polar surface area (TPSA) is 90.3 Å². The van der Waals surface area contributed by atoms with Crippen LogP contribution in [0.5, 0.6) is 0 Å². The van der Waals surface area contributed by atoms with E-state index in [-0.39, 0.29) is 33.4 Å². The van der Waals surface area contributed by atoms with E-state index in [2.05, 4.69) is 10.3 Å². The van der Waals surface area contributed by atoms with Gasteiger partial charge in [-0.3, -0.25) is 14.2 Å². The Morgan fingerprint density at radius 3 is 2.46 bits per heavy atom. The Morgan fingerprint density at radius 1 is 1.14 bits per heavy atom. The summed E-state index contributed by atoms with van der Waals surface area (Å²) in [4.78, 5) is 42.4. The maximum atomic E-state index is 13.3. The smallest absolute Gasteiger partial charge is 0.418 e. The van der Waals surface area contributed by atoms with Crippen molar-refractivity contribution in [2.75, 3.05) is 12.4 Å². The van der Waals surface area contributed by atoms with Gasteiger partial charge in [0.25, 0.3) is 5.56 Å². The van der Waals surface area contributed by atoms with Gasteiger partial charge in [0.2, 0.25) is 5.91 Å². The molecule has 1 amide bonds. The molecule has 11 heteroatoms. The van der Waals surface area contributed by atoms with Crippen LogP contribution < -0.4 is 10.9 Å². The molecule has 0 fully saturated rings. The third-order valence-corrected chi connectivity index (χ3v) is 6.12. The van der Waals surface area contributed by atoms with Crippen LogP contribution in [0, 0.1) is 5.92 Å². The highest BCUT2D eigenvalue weighted by Crippen LogP contribution is 2.35. The molecule has 1 atom stereocenters. The molecular formula is C24H24F3N3O4S. The minimum absolute atomic E-state index is 0.0726. The van der Waals surface area contributed by atoms with E-state index < -0.39 is 28.9 Å². The van der Waals surface area contributed by atoms with Gasteiger partial charge in [-0.1, -0.05) is 37.7 Å². The molecule has 0 radical (unpaired) electrons. The summed E-state index contributed by atoms with van der Waals surface area (Å²) in [6.07, 6.45) is -4.63. The van der Waals surface area contributed by atoms with Crippen molar-refractivity contribution in [2.45, 2.75) is 43.9 Å². The maximum Gasteiger partial charge on any atom is 0.418 e. The summed E-state index contributed by atoms with van der Waals surface area (Å²) in [6, 6.07) is 9.09. The van der Waals surface area contributed by atoms with Crippen molar-refractivity contribution >= 4 is 40.2 Å². The van der Waals surface area contributed by atoms with Crippen molar-refractivity contribution in [3.8, 4) is 0 Å². The summed E-state index contributed by atoms with van der Waals surface area (Å²) >= 11 is 0.944. The first-order valence-electron chi connectivity index (χ1n) is 10.7. The van der Waals surface area contributed by atoms with Crippen LogP contribution in [0.15, 0.2) is 52.4 Å². The van der Waals surface area contributed by atoms with E-state index in [9.17, 15) is 27.6 Å². The third kappa shape index (κ3) is 6.02. The zero-order valence-electron chi connectivity index (χ0n) is 19.5. The zero-order chi connectivity index (χ0) is 25.9. The number of carbonyl (C=O) groups is 2. The molecule has 186 valence electrons. The number of thioether (sulfide) groups is 1. The Kier molecular flexibility index (Phi) is 7.89. The Labute approximate surface area is 203 Å². The molecule has 1 N–H and O–H groups in total. The van der Waals surface area contributed by atoms with Gasteiger partial charge in [0, 0.05) is 6.54 Å². The predicted octanol–water partition coefficient (Wildman–Crippen LogP) is 4.98. The van der Waals surface area contributed by atoms with E-state index in [1.165, 1.54) is 55.0 Å². The number of hydrogen-bond donors (Lipinski definition) is 1. The highest BCUT2D eigenvalue weighted by Gasteiger charge is 2.34. The number of carbonyl (C=O) groups excluding carboxylic acids is 2. The number of hydrogen-bond acceptors (Lipinski definition) is 6. The van der Waals surface area contributed by atoms with Gasteiger partial charge < -0.3 is 10.1 Å². The monoisotopic (exact) mass is 507 g/mol. The number of rotatable bonds is 7. The number of aromatic nitrogens is 2. The molecule has 3 rings (SSSR count).